The molecule has 2 N–H and O–H groups in total. The van der Waals surface area contributed by atoms with Gasteiger partial charge in [-0.15, -0.1) is 0 Å². The third-order valence-electron chi connectivity index (χ3n) is 4.68. The second-order valence-corrected chi connectivity index (χ2v) is 6.03. The number of amides is 1. The molecule has 0 radical (unpaired) electrons. The Morgan fingerprint density at radius 1 is 1.05 bits per heavy atom. The first-order valence-electron chi connectivity index (χ1n) is 7.41. The summed E-state index contributed by atoms with van der Waals surface area (Å²) >= 11 is 0. The van der Waals surface area contributed by atoms with Crippen molar-refractivity contribution in [2.24, 2.45) is 0 Å². The monoisotopic (exact) mass is 279 g/mol. The van der Waals surface area contributed by atoms with Gasteiger partial charge in [0.2, 0.25) is 5.91 Å². The van der Waals surface area contributed by atoms with E-state index in [1.165, 1.54) is 0 Å². The van der Waals surface area contributed by atoms with E-state index in [2.05, 4.69) is 5.32 Å². The average Bonchev–Trinajstić information content (AvgIpc) is 2.85. The first-order chi connectivity index (χ1) is 10.2. The molecular formula is C18H17NO2. The number of hydrogen-bond donors (Lipinski definition) is 2. The molecule has 0 atom stereocenters. The smallest absolute Gasteiger partial charge is 0.228 e. The highest BCUT2D eigenvalue weighted by molar-refractivity contribution is 6.03. The SMILES string of the molecule is O=C1Cc2cccc(-c3ccc(C4(O)CCC4)cc3)c2N1. The van der Waals surface area contributed by atoms with Crippen molar-refractivity contribution in [1.82, 2.24) is 0 Å². The number of carbonyl (C=O) groups is 1. The Labute approximate surface area is 123 Å². The Balaban J connectivity index is 1.72. The van der Waals surface area contributed by atoms with Crippen molar-refractivity contribution in [3.8, 4) is 11.1 Å². The molecule has 0 unspecified atom stereocenters. The number of anilines is 1. The van der Waals surface area contributed by atoms with E-state index in [9.17, 15) is 9.90 Å². The largest absolute Gasteiger partial charge is 0.385 e. The van der Waals surface area contributed by atoms with Crippen LogP contribution in [0.1, 0.15) is 30.4 Å². The predicted octanol–water partition coefficient (Wildman–Crippen LogP) is 3.22. The molecule has 1 aliphatic carbocycles. The number of hydrogen-bond acceptors (Lipinski definition) is 2. The molecule has 4 rings (SSSR count). The maximum absolute atomic E-state index is 11.6. The Kier molecular flexibility index (Phi) is 2.66. The lowest BCUT2D eigenvalue weighted by molar-refractivity contribution is -0.115. The van der Waals surface area contributed by atoms with Gasteiger partial charge in [-0.05, 0) is 36.0 Å². The van der Waals surface area contributed by atoms with E-state index >= 15 is 0 Å². The molecule has 0 bridgehead atoms. The van der Waals surface area contributed by atoms with E-state index in [0.717, 1.165) is 47.2 Å². The minimum atomic E-state index is -0.620. The van der Waals surface area contributed by atoms with E-state index in [1.807, 2.05) is 42.5 Å². The van der Waals surface area contributed by atoms with E-state index in [-0.39, 0.29) is 5.91 Å². The fraction of sp³-hybridized carbons (Fsp3) is 0.278. The number of aliphatic hydroxyl groups is 1. The normalized spacial score (nSPS) is 18.8. The summed E-state index contributed by atoms with van der Waals surface area (Å²) in [7, 11) is 0. The van der Waals surface area contributed by atoms with Gasteiger partial charge in [0.15, 0.2) is 0 Å². The zero-order valence-corrected chi connectivity index (χ0v) is 11.7. The van der Waals surface area contributed by atoms with Crippen molar-refractivity contribution in [3.63, 3.8) is 0 Å². The van der Waals surface area contributed by atoms with Gasteiger partial charge in [0, 0.05) is 5.56 Å². The molecule has 2 aromatic carbocycles. The minimum Gasteiger partial charge on any atom is -0.385 e. The van der Waals surface area contributed by atoms with Gasteiger partial charge in [0.1, 0.15) is 0 Å². The standard InChI is InChI=1S/C18H17NO2/c20-16-11-13-3-1-4-15(17(13)19-16)12-5-7-14(8-6-12)18(21)9-2-10-18/h1,3-8,21H,2,9-11H2,(H,19,20). The number of fused-ring (bicyclic) bond motifs is 1. The van der Waals surface area contributed by atoms with Crippen LogP contribution in [0.3, 0.4) is 0 Å². The van der Waals surface area contributed by atoms with Crippen LogP contribution < -0.4 is 5.32 Å². The number of carbonyl (C=O) groups excluding carboxylic acids is 1. The molecular weight excluding hydrogens is 262 g/mol. The average molecular weight is 279 g/mol. The molecule has 1 heterocycles. The van der Waals surface area contributed by atoms with Crippen molar-refractivity contribution in [2.75, 3.05) is 5.32 Å². The van der Waals surface area contributed by atoms with Crippen LogP contribution in [-0.2, 0) is 16.8 Å². The van der Waals surface area contributed by atoms with Crippen molar-refractivity contribution in [1.29, 1.82) is 0 Å². The van der Waals surface area contributed by atoms with Gasteiger partial charge >= 0.3 is 0 Å². The lowest BCUT2D eigenvalue weighted by Gasteiger charge is -2.37. The lowest BCUT2D eigenvalue weighted by atomic mass is 9.75. The maximum Gasteiger partial charge on any atom is 0.228 e. The van der Waals surface area contributed by atoms with Gasteiger partial charge in [-0.25, -0.2) is 0 Å². The summed E-state index contributed by atoms with van der Waals surface area (Å²) in [6.45, 7) is 0. The highest BCUT2D eigenvalue weighted by Gasteiger charge is 2.36. The zero-order valence-electron chi connectivity index (χ0n) is 11.7. The molecule has 2 aromatic rings. The van der Waals surface area contributed by atoms with Gasteiger partial charge in [-0.3, -0.25) is 4.79 Å². The molecule has 2 aliphatic rings. The van der Waals surface area contributed by atoms with Crippen LogP contribution in [0.4, 0.5) is 5.69 Å². The van der Waals surface area contributed by atoms with Crippen molar-refractivity contribution < 1.29 is 9.90 Å². The van der Waals surface area contributed by atoms with Crippen LogP contribution >= 0.6 is 0 Å². The Hall–Kier alpha value is -2.13. The van der Waals surface area contributed by atoms with Gasteiger partial charge in [-0.2, -0.15) is 0 Å². The van der Waals surface area contributed by atoms with Gasteiger partial charge < -0.3 is 10.4 Å². The summed E-state index contributed by atoms with van der Waals surface area (Å²) in [5.74, 6) is 0.0536. The predicted molar refractivity (Wildman–Crippen MR) is 82.0 cm³/mol. The van der Waals surface area contributed by atoms with Crippen molar-refractivity contribution >= 4 is 11.6 Å². The molecule has 0 aromatic heterocycles. The van der Waals surface area contributed by atoms with E-state index in [1.54, 1.807) is 0 Å². The molecule has 0 saturated heterocycles. The molecule has 1 saturated carbocycles. The summed E-state index contributed by atoms with van der Waals surface area (Å²) in [6.07, 6.45) is 3.25. The summed E-state index contributed by atoms with van der Waals surface area (Å²) in [6, 6.07) is 14.1. The Morgan fingerprint density at radius 3 is 2.48 bits per heavy atom. The summed E-state index contributed by atoms with van der Waals surface area (Å²) in [5.41, 5.74) is 4.47. The molecule has 106 valence electrons. The van der Waals surface area contributed by atoms with Crippen LogP contribution in [0, 0.1) is 0 Å². The van der Waals surface area contributed by atoms with Crippen molar-refractivity contribution in [3.05, 3.63) is 53.6 Å². The molecule has 1 fully saturated rings. The topological polar surface area (TPSA) is 49.3 Å². The van der Waals surface area contributed by atoms with Crippen LogP contribution in [0.25, 0.3) is 11.1 Å². The number of para-hydroxylation sites is 1. The number of rotatable bonds is 2. The molecule has 3 nitrogen and oxygen atoms in total. The van der Waals surface area contributed by atoms with Crippen molar-refractivity contribution in [2.45, 2.75) is 31.3 Å². The molecule has 21 heavy (non-hydrogen) atoms. The highest BCUT2D eigenvalue weighted by atomic mass is 16.3. The Bertz CT molecular complexity index is 714. The van der Waals surface area contributed by atoms with Crippen LogP contribution in [-0.4, -0.2) is 11.0 Å². The zero-order chi connectivity index (χ0) is 14.4. The summed E-state index contributed by atoms with van der Waals surface area (Å²) in [5, 5.41) is 13.3. The second kappa shape index (κ2) is 4.43. The molecule has 1 aliphatic heterocycles. The van der Waals surface area contributed by atoms with Gasteiger partial charge in [-0.1, -0.05) is 42.5 Å². The highest BCUT2D eigenvalue weighted by Crippen LogP contribution is 2.42. The maximum atomic E-state index is 11.6. The third-order valence-corrected chi connectivity index (χ3v) is 4.68. The fourth-order valence-electron chi connectivity index (χ4n) is 3.25. The number of nitrogens with one attached hydrogen (secondary N) is 1. The van der Waals surface area contributed by atoms with E-state index < -0.39 is 5.60 Å². The van der Waals surface area contributed by atoms with Crippen LogP contribution in [0.15, 0.2) is 42.5 Å². The second-order valence-electron chi connectivity index (χ2n) is 6.03. The minimum absolute atomic E-state index is 0.0536. The van der Waals surface area contributed by atoms with Gasteiger partial charge in [0.25, 0.3) is 0 Å². The summed E-state index contributed by atoms with van der Waals surface area (Å²) < 4.78 is 0. The first kappa shape index (κ1) is 12.6. The summed E-state index contributed by atoms with van der Waals surface area (Å²) in [4.78, 5) is 11.6. The van der Waals surface area contributed by atoms with Gasteiger partial charge in [0.05, 0.1) is 17.7 Å². The van der Waals surface area contributed by atoms with Crippen LogP contribution in [0.2, 0.25) is 0 Å². The van der Waals surface area contributed by atoms with E-state index in [4.69, 9.17) is 0 Å². The fourth-order valence-corrected chi connectivity index (χ4v) is 3.25. The Morgan fingerprint density at radius 2 is 1.81 bits per heavy atom. The molecule has 1 amide bonds. The molecule has 3 heteroatoms. The van der Waals surface area contributed by atoms with Crippen LogP contribution in [0.5, 0.6) is 0 Å². The first-order valence-corrected chi connectivity index (χ1v) is 7.41. The number of benzene rings is 2. The quantitative estimate of drug-likeness (QED) is 0.886. The lowest BCUT2D eigenvalue weighted by Crippen LogP contribution is -2.33. The van der Waals surface area contributed by atoms with E-state index in [0.29, 0.717) is 6.42 Å². The molecule has 0 spiro atoms. The third kappa shape index (κ3) is 1.96.